The van der Waals surface area contributed by atoms with Crippen LogP contribution in [0.4, 0.5) is 27.6 Å². The second-order valence-electron chi connectivity index (χ2n) is 11.7. The Morgan fingerprint density at radius 1 is 1.21 bits per heavy atom. The molecule has 1 aliphatic carbocycles. The number of amides is 1. The molecule has 2 fully saturated rings. The Hall–Kier alpha value is -3.38. The fourth-order valence-corrected chi connectivity index (χ4v) is 6.52. The van der Waals surface area contributed by atoms with E-state index in [0.717, 1.165) is 31.8 Å². The van der Waals surface area contributed by atoms with Crippen molar-refractivity contribution in [2.45, 2.75) is 68.8 Å². The summed E-state index contributed by atoms with van der Waals surface area (Å²) in [6.07, 6.45) is -3.04. The lowest BCUT2D eigenvalue weighted by molar-refractivity contribution is -0.138. The van der Waals surface area contributed by atoms with E-state index in [-0.39, 0.29) is 42.6 Å². The van der Waals surface area contributed by atoms with Gasteiger partial charge >= 0.3 is 6.18 Å². The maximum atomic E-state index is 14.3. The van der Waals surface area contributed by atoms with E-state index in [1.54, 1.807) is 31.4 Å². The van der Waals surface area contributed by atoms with Gasteiger partial charge in [-0.05, 0) is 60.3 Å². The van der Waals surface area contributed by atoms with Gasteiger partial charge in [0.2, 0.25) is 5.92 Å². The number of hydrogen-bond acceptors (Lipinski definition) is 5. The highest BCUT2D eigenvalue weighted by Crippen LogP contribution is 2.56. The van der Waals surface area contributed by atoms with Gasteiger partial charge in [0, 0.05) is 63.2 Å². The number of amidine groups is 1. The minimum Gasteiger partial charge on any atom is -0.380 e. The Bertz CT molecular complexity index is 1390. The van der Waals surface area contributed by atoms with Gasteiger partial charge in [0.25, 0.3) is 5.91 Å². The largest absolute Gasteiger partial charge is 0.416 e. The summed E-state index contributed by atoms with van der Waals surface area (Å²) in [5, 5.41) is 15.7. The van der Waals surface area contributed by atoms with Crippen LogP contribution in [0.25, 0.3) is 0 Å². The van der Waals surface area contributed by atoms with Crippen LogP contribution in [0, 0.1) is 10.8 Å². The van der Waals surface area contributed by atoms with Crippen molar-refractivity contribution in [2.75, 3.05) is 32.1 Å². The first-order valence-corrected chi connectivity index (χ1v) is 13.8. The first-order valence-electron chi connectivity index (χ1n) is 13.8. The average Bonchev–Trinajstić information content (AvgIpc) is 3.26. The molecule has 226 valence electrons. The summed E-state index contributed by atoms with van der Waals surface area (Å²) in [5.74, 6) is -3.51. The molecular formula is C30H34F5N5O2. The molecule has 42 heavy (non-hydrogen) atoms. The quantitative estimate of drug-likeness (QED) is 0.223. The van der Waals surface area contributed by atoms with E-state index in [2.05, 4.69) is 0 Å². The number of carbonyl (C=O) groups is 1. The van der Waals surface area contributed by atoms with Crippen LogP contribution in [0.3, 0.4) is 0 Å². The van der Waals surface area contributed by atoms with Crippen molar-refractivity contribution in [2.24, 2.45) is 0 Å². The number of anilines is 1. The monoisotopic (exact) mass is 591 g/mol. The van der Waals surface area contributed by atoms with E-state index in [9.17, 15) is 26.7 Å². The van der Waals surface area contributed by atoms with E-state index < -0.39 is 41.8 Å². The third kappa shape index (κ3) is 5.78. The third-order valence-electron chi connectivity index (χ3n) is 8.70. The van der Waals surface area contributed by atoms with Gasteiger partial charge in [-0.25, -0.2) is 8.78 Å². The zero-order chi connectivity index (χ0) is 30.4. The molecule has 2 N–H and O–H groups in total. The molecule has 1 amide bonds. The Kier molecular flexibility index (Phi) is 7.90. The van der Waals surface area contributed by atoms with Gasteiger partial charge in [-0.15, -0.1) is 0 Å². The number of hydrogen-bond donors (Lipinski definition) is 2. The number of likely N-dealkylation sites (tertiary alicyclic amines) is 1. The van der Waals surface area contributed by atoms with Gasteiger partial charge < -0.3 is 14.5 Å². The highest BCUT2D eigenvalue weighted by molar-refractivity contribution is 6.10. The van der Waals surface area contributed by atoms with Gasteiger partial charge in [-0.1, -0.05) is 12.1 Å². The normalized spacial score (nSPS) is 21.5. The molecule has 1 saturated heterocycles. The van der Waals surface area contributed by atoms with E-state index in [1.165, 1.54) is 22.9 Å². The molecule has 2 heterocycles. The molecule has 0 aromatic heterocycles. The van der Waals surface area contributed by atoms with Crippen LogP contribution in [0.1, 0.15) is 64.7 Å². The zero-order valence-corrected chi connectivity index (χ0v) is 23.5. The van der Waals surface area contributed by atoms with Gasteiger partial charge in [0.1, 0.15) is 5.84 Å². The second-order valence-corrected chi connectivity index (χ2v) is 11.7. The van der Waals surface area contributed by atoms with E-state index in [4.69, 9.17) is 15.6 Å². The zero-order valence-electron chi connectivity index (χ0n) is 23.5. The number of benzene rings is 2. The molecule has 2 aliphatic heterocycles. The number of nitrogens with zero attached hydrogens (tertiary/aromatic N) is 3. The SMILES string of the molecule is COC1CCCN(Cc2cc3c(c(C(F)(F)F)c2)CN(c2cccc(C4(CC(=N)N(C)C=N)CC(F)(F)C4)c2)C3=O)C1. The fraction of sp³-hybridized carbons (Fsp3) is 0.500. The van der Waals surface area contributed by atoms with Gasteiger partial charge in [-0.3, -0.25) is 20.5 Å². The number of alkyl halides is 5. The smallest absolute Gasteiger partial charge is 0.380 e. The molecule has 3 aliphatic rings. The van der Waals surface area contributed by atoms with E-state index >= 15 is 0 Å². The number of fused-ring (bicyclic) bond motifs is 1. The summed E-state index contributed by atoms with van der Waals surface area (Å²) >= 11 is 0. The Morgan fingerprint density at radius 3 is 2.60 bits per heavy atom. The summed E-state index contributed by atoms with van der Waals surface area (Å²) in [4.78, 5) is 18.1. The van der Waals surface area contributed by atoms with Crippen molar-refractivity contribution >= 4 is 23.8 Å². The molecule has 0 spiro atoms. The second kappa shape index (κ2) is 11.0. The van der Waals surface area contributed by atoms with Crippen molar-refractivity contribution in [3.63, 3.8) is 0 Å². The van der Waals surface area contributed by atoms with Crippen molar-refractivity contribution in [3.8, 4) is 0 Å². The van der Waals surface area contributed by atoms with Gasteiger partial charge in [-0.2, -0.15) is 13.2 Å². The van der Waals surface area contributed by atoms with Crippen LogP contribution in [0.15, 0.2) is 36.4 Å². The molecule has 0 bridgehead atoms. The molecule has 0 radical (unpaired) electrons. The van der Waals surface area contributed by atoms with Crippen LogP contribution >= 0.6 is 0 Å². The van der Waals surface area contributed by atoms with Crippen molar-refractivity contribution < 1.29 is 31.5 Å². The highest BCUT2D eigenvalue weighted by atomic mass is 19.4. The predicted molar refractivity (Wildman–Crippen MR) is 148 cm³/mol. The summed E-state index contributed by atoms with van der Waals surface area (Å²) in [5.41, 5.74) is -0.871. The summed E-state index contributed by atoms with van der Waals surface area (Å²) in [6, 6.07) is 9.06. The van der Waals surface area contributed by atoms with Crippen LogP contribution in [0.2, 0.25) is 0 Å². The lowest BCUT2D eigenvalue weighted by Crippen LogP contribution is -2.51. The standard InChI is InChI=1S/C30H34F5N5O2/c1-38(18-36)26(37)12-28(16-29(31,32)17-28)20-5-3-6-21(11-20)40-15-24-23(27(40)41)9-19(10-25(24)30(33,34)35)13-39-8-4-7-22(14-39)42-2/h3,5-6,9-11,18,22,36-37H,4,7-8,12-17H2,1-2H3. The maximum absolute atomic E-state index is 14.3. The lowest BCUT2D eigenvalue weighted by atomic mass is 9.60. The first kappa shape index (κ1) is 30.1. The number of carbonyl (C=O) groups excluding carboxylic acids is 1. The average molecular weight is 592 g/mol. The Labute approximate surface area is 241 Å². The number of rotatable bonds is 8. The van der Waals surface area contributed by atoms with Crippen molar-refractivity contribution in [3.05, 3.63) is 64.2 Å². The van der Waals surface area contributed by atoms with E-state index in [1.807, 2.05) is 4.90 Å². The minimum absolute atomic E-state index is 0.00723. The van der Waals surface area contributed by atoms with Crippen LogP contribution < -0.4 is 4.90 Å². The number of piperidine rings is 1. The van der Waals surface area contributed by atoms with Crippen molar-refractivity contribution in [1.29, 1.82) is 10.8 Å². The molecule has 2 aromatic carbocycles. The molecule has 1 atom stereocenters. The highest BCUT2D eigenvalue weighted by Gasteiger charge is 2.57. The maximum Gasteiger partial charge on any atom is 0.416 e. The van der Waals surface area contributed by atoms with Crippen molar-refractivity contribution in [1.82, 2.24) is 9.80 Å². The van der Waals surface area contributed by atoms with Gasteiger partial charge in [0.05, 0.1) is 24.6 Å². The molecular weight excluding hydrogens is 557 g/mol. The summed E-state index contributed by atoms with van der Waals surface area (Å²) in [6.45, 7) is 1.28. The molecule has 2 aromatic rings. The Morgan fingerprint density at radius 2 is 1.95 bits per heavy atom. The number of ether oxygens (including phenoxy) is 1. The van der Waals surface area contributed by atoms with Gasteiger partial charge in [0.15, 0.2) is 0 Å². The Balaban J connectivity index is 1.45. The minimum atomic E-state index is -4.67. The topological polar surface area (TPSA) is 83.7 Å². The summed E-state index contributed by atoms with van der Waals surface area (Å²) in [7, 11) is 3.11. The number of methoxy groups -OCH3 is 1. The molecule has 12 heteroatoms. The predicted octanol–water partition coefficient (Wildman–Crippen LogP) is 6.05. The molecule has 7 nitrogen and oxygen atoms in total. The number of halogens is 5. The molecule has 1 saturated carbocycles. The molecule has 1 unspecified atom stereocenters. The van der Waals surface area contributed by atoms with E-state index in [0.29, 0.717) is 23.4 Å². The summed E-state index contributed by atoms with van der Waals surface area (Å²) < 4.78 is 76.6. The molecule has 5 rings (SSSR count). The third-order valence-corrected chi connectivity index (χ3v) is 8.70. The van der Waals surface area contributed by atoms with Crippen LogP contribution in [-0.2, 0) is 29.4 Å². The van der Waals surface area contributed by atoms with Crippen LogP contribution in [0.5, 0.6) is 0 Å². The van der Waals surface area contributed by atoms with Crippen LogP contribution in [-0.4, -0.2) is 67.2 Å². The first-order chi connectivity index (χ1) is 19.7. The lowest BCUT2D eigenvalue weighted by Gasteiger charge is -2.48. The fourth-order valence-electron chi connectivity index (χ4n) is 6.52. The number of nitrogens with one attached hydrogen (secondary N) is 2.